The summed E-state index contributed by atoms with van der Waals surface area (Å²) in [6.07, 6.45) is 0.941. The largest absolute Gasteiger partial charge is 0.489 e. The number of aliphatic hydroxyl groups excluding tert-OH is 1. The van der Waals surface area contributed by atoms with Crippen molar-refractivity contribution in [3.63, 3.8) is 0 Å². The lowest BCUT2D eigenvalue weighted by molar-refractivity contribution is 0.105. The van der Waals surface area contributed by atoms with Crippen LogP contribution in [0.5, 0.6) is 5.75 Å². The summed E-state index contributed by atoms with van der Waals surface area (Å²) in [7, 11) is 0. The topological polar surface area (TPSA) is 74.3 Å². The molecule has 0 bridgehead atoms. The second kappa shape index (κ2) is 6.54. The van der Waals surface area contributed by atoms with E-state index in [0.717, 1.165) is 5.39 Å². The molecule has 0 amide bonds. The standard InChI is InChI=1S/C15H20N2O3/c1-10(2)16-7-11(18)9-20-14-8-17-15(19)13-6-4-3-5-12(13)14/h3-6,8,10-11,16,18H,7,9H2,1-2H3,(H,17,19). The molecule has 20 heavy (non-hydrogen) atoms. The van der Waals surface area contributed by atoms with Gasteiger partial charge in [-0.2, -0.15) is 0 Å². The number of rotatable bonds is 6. The average Bonchev–Trinajstić information content (AvgIpc) is 2.45. The average molecular weight is 276 g/mol. The lowest BCUT2D eigenvalue weighted by atomic mass is 10.1. The summed E-state index contributed by atoms with van der Waals surface area (Å²) in [4.78, 5) is 14.3. The van der Waals surface area contributed by atoms with Crippen LogP contribution in [0, 0.1) is 0 Å². The maximum absolute atomic E-state index is 11.7. The van der Waals surface area contributed by atoms with Crippen LogP contribution in [0.4, 0.5) is 0 Å². The molecule has 0 radical (unpaired) electrons. The van der Waals surface area contributed by atoms with E-state index in [1.807, 2.05) is 32.0 Å². The van der Waals surface area contributed by atoms with E-state index in [9.17, 15) is 9.90 Å². The molecule has 0 aliphatic heterocycles. The highest BCUT2D eigenvalue weighted by molar-refractivity contribution is 5.86. The first-order chi connectivity index (χ1) is 9.58. The van der Waals surface area contributed by atoms with Gasteiger partial charge in [0.15, 0.2) is 0 Å². The molecular formula is C15H20N2O3. The number of aromatic amines is 1. The van der Waals surface area contributed by atoms with Crippen LogP contribution in [0.1, 0.15) is 13.8 Å². The van der Waals surface area contributed by atoms with E-state index in [-0.39, 0.29) is 12.2 Å². The zero-order valence-corrected chi connectivity index (χ0v) is 11.7. The van der Waals surface area contributed by atoms with Gasteiger partial charge in [0.1, 0.15) is 18.5 Å². The fraction of sp³-hybridized carbons (Fsp3) is 0.400. The zero-order chi connectivity index (χ0) is 14.5. The molecule has 0 saturated carbocycles. The van der Waals surface area contributed by atoms with Gasteiger partial charge in [-0.3, -0.25) is 4.79 Å². The summed E-state index contributed by atoms with van der Waals surface area (Å²) in [5, 5.41) is 14.3. The molecule has 5 nitrogen and oxygen atoms in total. The van der Waals surface area contributed by atoms with E-state index >= 15 is 0 Å². The van der Waals surface area contributed by atoms with Gasteiger partial charge in [-0.25, -0.2) is 0 Å². The fourth-order valence-corrected chi connectivity index (χ4v) is 1.92. The molecule has 0 spiro atoms. The number of ether oxygens (including phenoxy) is 1. The first kappa shape index (κ1) is 14.6. The highest BCUT2D eigenvalue weighted by Gasteiger charge is 2.09. The molecule has 0 aliphatic carbocycles. The smallest absolute Gasteiger partial charge is 0.256 e. The van der Waals surface area contributed by atoms with E-state index in [1.165, 1.54) is 6.20 Å². The van der Waals surface area contributed by atoms with Crippen molar-refractivity contribution in [3.05, 3.63) is 40.8 Å². The van der Waals surface area contributed by atoms with E-state index in [4.69, 9.17) is 4.74 Å². The fourth-order valence-electron chi connectivity index (χ4n) is 1.92. The molecule has 5 heteroatoms. The Bertz CT molecular complexity index is 622. The summed E-state index contributed by atoms with van der Waals surface area (Å²) in [6, 6.07) is 7.56. The minimum Gasteiger partial charge on any atom is -0.489 e. The summed E-state index contributed by atoms with van der Waals surface area (Å²) in [5.74, 6) is 0.573. The summed E-state index contributed by atoms with van der Waals surface area (Å²) in [5.41, 5.74) is -0.144. The third-order valence-electron chi connectivity index (χ3n) is 2.96. The van der Waals surface area contributed by atoms with Gasteiger partial charge in [0.25, 0.3) is 5.56 Å². The summed E-state index contributed by atoms with van der Waals surface area (Å²) in [6.45, 7) is 4.68. The van der Waals surface area contributed by atoms with Gasteiger partial charge in [0.05, 0.1) is 5.39 Å². The van der Waals surface area contributed by atoms with Crippen molar-refractivity contribution in [2.24, 2.45) is 0 Å². The Kier molecular flexibility index (Phi) is 4.76. The third-order valence-corrected chi connectivity index (χ3v) is 2.96. The number of H-pyrrole nitrogens is 1. The minimum absolute atomic E-state index is 0.144. The molecular weight excluding hydrogens is 256 g/mol. The molecule has 1 heterocycles. The number of aromatic nitrogens is 1. The van der Waals surface area contributed by atoms with Crippen molar-refractivity contribution in [2.75, 3.05) is 13.2 Å². The summed E-state index contributed by atoms with van der Waals surface area (Å²) >= 11 is 0. The van der Waals surface area contributed by atoms with Crippen molar-refractivity contribution >= 4 is 10.8 Å². The van der Waals surface area contributed by atoms with E-state index < -0.39 is 6.10 Å². The lowest BCUT2D eigenvalue weighted by Gasteiger charge is -2.15. The predicted molar refractivity (Wildman–Crippen MR) is 79.2 cm³/mol. The molecule has 108 valence electrons. The number of benzene rings is 1. The SMILES string of the molecule is CC(C)NCC(O)COc1c[nH]c(=O)c2ccccc12. The quantitative estimate of drug-likeness (QED) is 0.742. The summed E-state index contributed by atoms with van der Waals surface area (Å²) < 4.78 is 5.61. The molecule has 1 atom stereocenters. The number of hydrogen-bond donors (Lipinski definition) is 3. The van der Waals surface area contributed by atoms with Crippen LogP contribution in [0.25, 0.3) is 10.8 Å². The Morgan fingerprint density at radius 1 is 1.30 bits per heavy atom. The van der Waals surface area contributed by atoms with Crippen molar-refractivity contribution in [1.82, 2.24) is 10.3 Å². The molecule has 1 unspecified atom stereocenters. The third kappa shape index (κ3) is 3.59. The lowest BCUT2D eigenvalue weighted by Crippen LogP contribution is -2.35. The molecule has 0 aliphatic rings. The van der Waals surface area contributed by atoms with Crippen LogP contribution in [0.15, 0.2) is 35.3 Å². The zero-order valence-electron chi connectivity index (χ0n) is 11.7. The van der Waals surface area contributed by atoms with Crippen molar-refractivity contribution in [3.8, 4) is 5.75 Å². The molecule has 2 aromatic rings. The van der Waals surface area contributed by atoms with Gasteiger partial charge >= 0.3 is 0 Å². The second-order valence-electron chi connectivity index (χ2n) is 5.06. The molecule has 1 aromatic carbocycles. The second-order valence-corrected chi connectivity index (χ2v) is 5.06. The molecule has 1 aromatic heterocycles. The normalized spacial score (nSPS) is 12.8. The van der Waals surface area contributed by atoms with Crippen LogP contribution in [0.2, 0.25) is 0 Å². The highest BCUT2D eigenvalue weighted by Crippen LogP contribution is 2.21. The number of fused-ring (bicyclic) bond motifs is 1. The van der Waals surface area contributed by atoms with Crippen LogP contribution >= 0.6 is 0 Å². The maximum atomic E-state index is 11.7. The van der Waals surface area contributed by atoms with Gasteiger partial charge in [-0.1, -0.05) is 32.0 Å². The molecule has 0 saturated heterocycles. The van der Waals surface area contributed by atoms with Gasteiger partial charge in [-0.05, 0) is 6.07 Å². The van der Waals surface area contributed by atoms with E-state index in [2.05, 4.69) is 10.3 Å². The Morgan fingerprint density at radius 2 is 2.00 bits per heavy atom. The number of hydrogen-bond acceptors (Lipinski definition) is 4. The minimum atomic E-state index is -0.594. The first-order valence-corrected chi connectivity index (χ1v) is 6.72. The predicted octanol–water partition coefficient (Wildman–Crippen LogP) is 1.27. The van der Waals surface area contributed by atoms with Crippen LogP contribution in [0.3, 0.4) is 0 Å². The Morgan fingerprint density at radius 3 is 2.70 bits per heavy atom. The monoisotopic (exact) mass is 276 g/mol. The molecule has 2 rings (SSSR count). The van der Waals surface area contributed by atoms with E-state index in [1.54, 1.807) is 6.07 Å². The number of aliphatic hydroxyl groups is 1. The Hall–Kier alpha value is -1.85. The Balaban J connectivity index is 2.07. The molecule has 3 N–H and O–H groups in total. The highest BCUT2D eigenvalue weighted by atomic mass is 16.5. The van der Waals surface area contributed by atoms with Crippen LogP contribution in [-0.4, -0.2) is 35.4 Å². The van der Waals surface area contributed by atoms with Gasteiger partial charge in [0, 0.05) is 24.2 Å². The van der Waals surface area contributed by atoms with Gasteiger partial charge < -0.3 is 20.1 Å². The van der Waals surface area contributed by atoms with Crippen molar-refractivity contribution in [2.45, 2.75) is 26.0 Å². The number of pyridine rings is 1. The van der Waals surface area contributed by atoms with Crippen molar-refractivity contribution in [1.29, 1.82) is 0 Å². The van der Waals surface area contributed by atoms with Crippen LogP contribution < -0.4 is 15.6 Å². The number of nitrogens with one attached hydrogen (secondary N) is 2. The van der Waals surface area contributed by atoms with E-state index in [0.29, 0.717) is 23.7 Å². The molecule has 0 fully saturated rings. The first-order valence-electron chi connectivity index (χ1n) is 6.72. The Labute approximate surface area is 117 Å². The maximum Gasteiger partial charge on any atom is 0.256 e. The van der Waals surface area contributed by atoms with Crippen molar-refractivity contribution < 1.29 is 9.84 Å². The van der Waals surface area contributed by atoms with Gasteiger partial charge in [0.2, 0.25) is 0 Å². The van der Waals surface area contributed by atoms with Crippen LogP contribution in [-0.2, 0) is 0 Å². The van der Waals surface area contributed by atoms with Gasteiger partial charge in [-0.15, -0.1) is 0 Å².